The number of nitrogens with two attached hydrogens (primary N) is 1. The highest BCUT2D eigenvalue weighted by atomic mass is 31.2. The van der Waals surface area contributed by atoms with Crippen molar-refractivity contribution in [3.63, 3.8) is 0 Å². The predicted octanol–water partition coefficient (Wildman–Crippen LogP) is 13.9. The minimum atomic E-state index is -4.38. The number of hydrogen-bond acceptors (Lipinski definition) is 8. The van der Waals surface area contributed by atoms with Crippen LogP contribution in [-0.4, -0.2) is 49.3 Å². The van der Waals surface area contributed by atoms with E-state index in [1.807, 2.05) is 0 Å². The highest BCUT2D eigenvalue weighted by molar-refractivity contribution is 7.47. The second-order valence-electron chi connectivity index (χ2n) is 16.0. The van der Waals surface area contributed by atoms with E-state index < -0.39 is 32.5 Å². The molecule has 0 aliphatic rings. The minimum absolute atomic E-state index is 0.0492. The molecule has 0 amide bonds. The molecule has 0 bridgehead atoms. The first-order valence-electron chi connectivity index (χ1n) is 23.8. The maximum absolute atomic E-state index is 12.6. The molecule has 0 aromatic carbocycles. The zero-order chi connectivity index (χ0) is 41.8. The van der Waals surface area contributed by atoms with Crippen LogP contribution in [0.2, 0.25) is 0 Å². The van der Waals surface area contributed by atoms with Crippen LogP contribution in [0.5, 0.6) is 0 Å². The quantitative estimate of drug-likeness (QED) is 0.0266. The number of carbonyl (C=O) groups is 2. The molecule has 9 nitrogen and oxygen atoms in total. The lowest BCUT2D eigenvalue weighted by Gasteiger charge is -2.19. The van der Waals surface area contributed by atoms with Crippen LogP contribution in [0, 0.1) is 0 Å². The molecule has 10 heteroatoms. The zero-order valence-electron chi connectivity index (χ0n) is 37.1. The molecular weight excluding hydrogens is 737 g/mol. The number of rotatable bonds is 45. The Labute approximate surface area is 351 Å². The summed E-state index contributed by atoms with van der Waals surface area (Å²) < 4.78 is 32.8. The second-order valence-corrected chi connectivity index (χ2v) is 17.4. The Hall–Kier alpha value is -1.51. The summed E-state index contributed by atoms with van der Waals surface area (Å²) in [7, 11) is -4.38. The fourth-order valence-corrected chi connectivity index (χ4v) is 7.52. The molecule has 0 spiro atoms. The number of esters is 2. The number of phosphoric ester groups is 1. The van der Waals surface area contributed by atoms with E-state index in [1.165, 1.54) is 154 Å². The van der Waals surface area contributed by atoms with Crippen molar-refractivity contribution in [1.29, 1.82) is 0 Å². The van der Waals surface area contributed by atoms with Gasteiger partial charge in [0.2, 0.25) is 0 Å². The molecule has 1 unspecified atom stereocenters. The summed E-state index contributed by atoms with van der Waals surface area (Å²) in [5, 5.41) is 0. The SMILES string of the molecule is CCCCCCCC/C=C/CCCCCC(=O)O[C@@H](COC(=O)CCC/C=C/CCCCCCCCCCCCCCCCCCCC)COP(=O)(O)OCCN. The van der Waals surface area contributed by atoms with Crippen LogP contribution in [0.25, 0.3) is 0 Å². The van der Waals surface area contributed by atoms with Gasteiger partial charge in [-0.3, -0.25) is 18.6 Å². The van der Waals surface area contributed by atoms with Crippen molar-refractivity contribution >= 4 is 19.8 Å². The Balaban J connectivity index is 4.05. The summed E-state index contributed by atoms with van der Waals surface area (Å²) >= 11 is 0. The topological polar surface area (TPSA) is 134 Å². The maximum Gasteiger partial charge on any atom is 0.472 e. The Bertz CT molecular complexity index is 990. The summed E-state index contributed by atoms with van der Waals surface area (Å²) in [6.07, 6.45) is 48.1. The molecule has 57 heavy (non-hydrogen) atoms. The lowest BCUT2D eigenvalue weighted by Crippen LogP contribution is -2.29. The summed E-state index contributed by atoms with van der Waals surface area (Å²) in [5.74, 6) is -0.877. The summed E-state index contributed by atoms with van der Waals surface area (Å²) in [5.41, 5.74) is 5.35. The molecule has 0 aliphatic heterocycles. The molecule has 0 rings (SSSR count). The Morgan fingerprint density at radius 3 is 1.30 bits per heavy atom. The van der Waals surface area contributed by atoms with Gasteiger partial charge in [0.1, 0.15) is 6.61 Å². The van der Waals surface area contributed by atoms with Gasteiger partial charge in [0, 0.05) is 19.4 Å². The van der Waals surface area contributed by atoms with Crippen LogP contribution >= 0.6 is 7.82 Å². The predicted molar refractivity (Wildman–Crippen MR) is 238 cm³/mol. The average Bonchev–Trinajstić information content (AvgIpc) is 3.20. The Kier molecular flexibility index (Phi) is 42.9. The van der Waals surface area contributed by atoms with Crippen molar-refractivity contribution in [3.05, 3.63) is 24.3 Å². The monoisotopic (exact) mass is 828 g/mol. The van der Waals surface area contributed by atoms with Crippen LogP contribution in [0.4, 0.5) is 0 Å². The molecule has 0 saturated heterocycles. The Morgan fingerprint density at radius 1 is 0.509 bits per heavy atom. The van der Waals surface area contributed by atoms with E-state index in [4.69, 9.17) is 24.3 Å². The molecule has 3 N–H and O–H groups in total. The number of ether oxygens (including phenoxy) is 2. The van der Waals surface area contributed by atoms with Gasteiger partial charge >= 0.3 is 19.8 Å². The largest absolute Gasteiger partial charge is 0.472 e. The minimum Gasteiger partial charge on any atom is -0.462 e. The van der Waals surface area contributed by atoms with Crippen LogP contribution in [0.3, 0.4) is 0 Å². The molecule has 2 atom stereocenters. The molecule has 0 aliphatic carbocycles. The fraction of sp³-hybridized carbons (Fsp3) is 0.872. The lowest BCUT2D eigenvalue weighted by atomic mass is 10.0. The number of hydrogen-bond donors (Lipinski definition) is 2. The van der Waals surface area contributed by atoms with Gasteiger partial charge in [0.25, 0.3) is 0 Å². The highest BCUT2D eigenvalue weighted by Gasteiger charge is 2.26. The molecule has 0 fully saturated rings. The highest BCUT2D eigenvalue weighted by Crippen LogP contribution is 2.43. The fourth-order valence-electron chi connectivity index (χ4n) is 6.75. The zero-order valence-corrected chi connectivity index (χ0v) is 38.0. The number of carbonyl (C=O) groups excluding carboxylic acids is 2. The summed E-state index contributed by atoms with van der Waals surface area (Å²) in [6, 6.07) is 0. The normalized spacial score (nSPS) is 13.4. The average molecular weight is 828 g/mol. The van der Waals surface area contributed by atoms with Crippen molar-refractivity contribution in [3.8, 4) is 0 Å². The van der Waals surface area contributed by atoms with Crippen molar-refractivity contribution in [2.24, 2.45) is 5.73 Å². The first kappa shape index (κ1) is 55.5. The van der Waals surface area contributed by atoms with E-state index >= 15 is 0 Å². The Morgan fingerprint density at radius 2 is 0.877 bits per heavy atom. The summed E-state index contributed by atoms with van der Waals surface area (Å²) in [6.45, 7) is 3.70. The van der Waals surface area contributed by atoms with Gasteiger partial charge in [0.15, 0.2) is 6.10 Å². The van der Waals surface area contributed by atoms with Crippen molar-refractivity contribution < 1.29 is 37.6 Å². The van der Waals surface area contributed by atoms with Gasteiger partial charge in [0.05, 0.1) is 13.2 Å². The third kappa shape index (κ3) is 43.9. The van der Waals surface area contributed by atoms with E-state index in [9.17, 15) is 19.0 Å². The third-order valence-corrected chi connectivity index (χ3v) is 11.3. The maximum atomic E-state index is 12.6. The summed E-state index contributed by atoms with van der Waals surface area (Å²) in [4.78, 5) is 34.9. The lowest BCUT2D eigenvalue weighted by molar-refractivity contribution is -0.161. The molecule has 0 heterocycles. The van der Waals surface area contributed by atoms with Crippen LogP contribution in [-0.2, 0) is 32.7 Å². The third-order valence-electron chi connectivity index (χ3n) is 10.3. The molecule has 336 valence electrons. The van der Waals surface area contributed by atoms with E-state index in [0.29, 0.717) is 12.8 Å². The van der Waals surface area contributed by atoms with Crippen molar-refractivity contribution in [1.82, 2.24) is 0 Å². The van der Waals surface area contributed by atoms with Gasteiger partial charge in [-0.15, -0.1) is 0 Å². The van der Waals surface area contributed by atoms with Gasteiger partial charge in [-0.05, 0) is 57.8 Å². The second kappa shape index (κ2) is 44.1. The van der Waals surface area contributed by atoms with Crippen LogP contribution in [0.1, 0.15) is 232 Å². The van der Waals surface area contributed by atoms with E-state index in [-0.39, 0.29) is 32.6 Å². The van der Waals surface area contributed by atoms with Crippen LogP contribution in [0.15, 0.2) is 24.3 Å². The van der Waals surface area contributed by atoms with E-state index in [0.717, 1.165) is 38.5 Å². The van der Waals surface area contributed by atoms with E-state index in [2.05, 4.69) is 38.2 Å². The number of allylic oxidation sites excluding steroid dienone is 4. The molecule has 0 saturated carbocycles. The van der Waals surface area contributed by atoms with Crippen molar-refractivity contribution in [2.45, 2.75) is 238 Å². The van der Waals surface area contributed by atoms with Gasteiger partial charge in [-0.25, -0.2) is 4.57 Å². The first-order chi connectivity index (χ1) is 27.8. The first-order valence-corrected chi connectivity index (χ1v) is 25.3. The number of unbranched alkanes of at least 4 members (excludes halogenated alkanes) is 28. The van der Waals surface area contributed by atoms with E-state index in [1.54, 1.807) is 0 Å². The van der Waals surface area contributed by atoms with Crippen LogP contribution < -0.4 is 5.73 Å². The molecule has 0 aromatic rings. The van der Waals surface area contributed by atoms with Gasteiger partial charge in [-0.2, -0.15) is 0 Å². The molecule has 0 aromatic heterocycles. The molecular formula is C47H90NO8P. The van der Waals surface area contributed by atoms with Crippen molar-refractivity contribution in [2.75, 3.05) is 26.4 Å². The standard InChI is InChI=1S/C47H90NO8P/c1-3-5-7-9-11-13-15-17-18-19-20-21-22-23-24-25-26-28-29-31-33-35-37-39-46(49)53-43-45(44-55-57(51,52)54-42-41-48)56-47(50)40-38-36-34-32-30-27-16-14-12-10-8-6-4-2/h27,30-31,33,45H,3-26,28-29,32,34-44,48H2,1-2H3,(H,51,52)/b30-27+,33-31+/t45-/m0/s1. The smallest absolute Gasteiger partial charge is 0.462 e. The number of phosphoric acid groups is 1. The van der Waals surface area contributed by atoms with Gasteiger partial charge in [-0.1, -0.05) is 186 Å². The molecule has 0 radical (unpaired) electrons. The van der Waals surface area contributed by atoms with Gasteiger partial charge < -0.3 is 20.1 Å².